The standard InChI is InChI=1S/C18H23ClN2/c1-13-10-14(2)12-17(11-13)21(3)9-8-18(20)15-4-6-16(19)7-5-15/h4-7,10-12,18H,8-9,20H2,1-3H3. The van der Waals surface area contributed by atoms with Gasteiger partial charge in [0.15, 0.2) is 0 Å². The van der Waals surface area contributed by atoms with E-state index in [9.17, 15) is 0 Å². The highest BCUT2D eigenvalue weighted by Gasteiger charge is 2.09. The first-order valence-corrected chi connectivity index (χ1v) is 7.64. The zero-order chi connectivity index (χ0) is 15.4. The molecule has 0 aliphatic carbocycles. The van der Waals surface area contributed by atoms with Crippen molar-refractivity contribution in [1.29, 1.82) is 0 Å². The second kappa shape index (κ2) is 6.97. The molecule has 0 spiro atoms. The largest absolute Gasteiger partial charge is 0.375 e. The third-order valence-corrected chi connectivity index (χ3v) is 3.97. The molecule has 2 aromatic rings. The van der Waals surface area contributed by atoms with E-state index in [0.717, 1.165) is 23.6 Å². The zero-order valence-corrected chi connectivity index (χ0v) is 13.7. The van der Waals surface area contributed by atoms with Crippen molar-refractivity contribution in [3.8, 4) is 0 Å². The third-order valence-electron chi connectivity index (χ3n) is 3.72. The smallest absolute Gasteiger partial charge is 0.0406 e. The van der Waals surface area contributed by atoms with Crippen LogP contribution < -0.4 is 10.6 Å². The molecule has 0 aromatic heterocycles. The minimum atomic E-state index is 0.0376. The van der Waals surface area contributed by atoms with E-state index in [-0.39, 0.29) is 6.04 Å². The normalized spacial score (nSPS) is 12.2. The van der Waals surface area contributed by atoms with Crippen LogP contribution in [0.5, 0.6) is 0 Å². The van der Waals surface area contributed by atoms with Crippen molar-refractivity contribution in [2.24, 2.45) is 5.73 Å². The molecule has 0 heterocycles. The van der Waals surface area contributed by atoms with Crippen molar-refractivity contribution < 1.29 is 0 Å². The highest BCUT2D eigenvalue weighted by atomic mass is 35.5. The molecular weight excluding hydrogens is 280 g/mol. The summed E-state index contributed by atoms with van der Waals surface area (Å²) in [4.78, 5) is 2.26. The van der Waals surface area contributed by atoms with Gasteiger partial charge in [-0.05, 0) is 61.2 Å². The highest BCUT2D eigenvalue weighted by molar-refractivity contribution is 6.30. The number of hydrogen-bond acceptors (Lipinski definition) is 2. The summed E-state index contributed by atoms with van der Waals surface area (Å²) in [7, 11) is 2.11. The predicted molar refractivity (Wildman–Crippen MR) is 92.2 cm³/mol. The first-order valence-electron chi connectivity index (χ1n) is 7.26. The van der Waals surface area contributed by atoms with Crippen molar-refractivity contribution in [3.05, 3.63) is 64.2 Å². The van der Waals surface area contributed by atoms with Gasteiger partial charge in [0, 0.05) is 30.3 Å². The first kappa shape index (κ1) is 15.9. The van der Waals surface area contributed by atoms with Crippen LogP contribution in [-0.4, -0.2) is 13.6 Å². The number of nitrogens with two attached hydrogens (primary N) is 1. The van der Waals surface area contributed by atoms with Gasteiger partial charge in [-0.2, -0.15) is 0 Å². The fourth-order valence-corrected chi connectivity index (χ4v) is 2.64. The number of aryl methyl sites for hydroxylation is 2. The summed E-state index contributed by atoms with van der Waals surface area (Å²) in [6.07, 6.45) is 0.908. The van der Waals surface area contributed by atoms with Gasteiger partial charge >= 0.3 is 0 Å². The van der Waals surface area contributed by atoms with Gasteiger partial charge in [-0.25, -0.2) is 0 Å². The number of nitrogens with zero attached hydrogens (tertiary/aromatic N) is 1. The van der Waals surface area contributed by atoms with Crippen LogP contribution in [0.4, 0.5) is 5.69 Å². The minimum Gasteiger partial charge on any atom is -0.375 e. The van der Waals surface area contributed by atoms with E-state index in [0.29, 0.717) is 0 Å². The summed E-state index contributed by atoms with van der Waals surface area (Å²) in [5.41, 5.74) is 11.2. The second-order valence-corrected chi connectivity index (χ2v) is 6.15. The molecule has 21 heavy (non-hydrogen) atoms. The molecule has 112 valence electrons. The summed E-state index contributed by atoms with van der Waals surface area (Å²) in [5.74, 6) is 0. The quantitative estimate of drug-likeness (QED) is 0.882. The fourth-order valence-electron chi connectivity index (χ4n) is 2.51. The Morgan fingerprint density at radius 3 is 2.19 bits per heavy atom. The van der Waals surface area contributed by atoms with Crippen molar-refractivity contribution in [2.45, 2.75) is 26.3 Å². The molecule has 2 rings (SSSR count). The van der Waals surface area contributed by atoms with Crippen LogP contribution in [0.2, 0.25) is 5.02 Å². The highest BCUT2D eigenvalue weighted by Crippen LogP contribution is 2.21. The maximum atomic E-state index is 6.26. The van der Waals surface area contributed by atoms with E-state index >= 15 is 0 Å². The molecule has 2 nitrogen and oxygen atoms in total. The Kier molecular flexibility index (Phi) is 5.27. The zero-order valence-electron chi connectivity index (χ0n) is 12.9. The van der Waals surface area contributed by atoms with Crippen molar-refractivity contribution in [1.82, 2.24) is 0 Å². The average molecular weight is 303 g/mol. The molecule has 0 aliphatic rings. The van der Waals surface area contributed by atoms with Crippen LogP contribution in [0, 0.1) is 13.8 Å². The molecule has 1 unspecified atom stereocenters. The summed E-state index contributed by atoms with van der Waals surface area (Å²) in [5, 5.41) is 0.748. The number of halogens is 1. The Morgan fingerprint density at radius 1 is 1.05 bits per heavy atom. The molecule has 0 radical (unpaired) electrons. The molecule has 0 aliphatic heterocycles. The topological polar surface area (TPSA) is 29.3 Å². The summed E-state index contributed by atoms with van der Waals surface area (Å²) in [6.45, 7) is 5.18. The molecular formula is C18H23ClN2. The monoisotopic (exact) mass is 302 g/mol. The molecule has 1 atom stereocenters. The molecule has 2 N–H and O–H groups in total. The lowest BCUT2D eigenvalue weighted by Gasteiger charge is -2.22. The molecule has 0 fully saturated rings. The minimum absolute atomic E-state index is 0.0376. The van der Waals surface area contributed by atoms with E-state index in [1.54, 1.807) is 0 Å². The van der Waals surface area contributed by atoms with Crippen LogP contribution in [0.25, 0.3) is 0 Å². The van der Waals surface area contributed by atoms with E-state index in [1.807, 2.05) is 24.3 Å². The van der Waals surface area contributed by atoms with E-state index < -0.39 is 0 Å². The molecule has 0 saturated carbocycles. The van der Waals surface area contributed by atoms with Crippen molar-refractivity contribution in [2.75, 3.05) is 18.5 Å². The number of benzene rings is 2. The Hall–Kier alpha value is -1.51. The lowest BCUT2D eigenvalue weighted by atomic mass is 10.0. The average Bonchev–Trinajstić information content (AvgIpc) is 2.44. The van der Waals surface area contributed by atoms with Gasteiger partial charge in [-0.3, -0.25) is 0 Å². The van der Waals surface area contributed by atoms with E-state index in [4.69, 9.17) is 17.3 Å². The lowest BCUT2D eigenvalue weighted by Crippen LogP contribution is -2.23. The molecule has 0 saturated heterocycles. The Bertz CT molecular complexity index is 572. The van der Waals surface area contributed by atoms with Crippen molar-refractivity contribution in [3.63, 3.8) is 0 Å². The van der Waals surface area contributed by atoms with Gasteiger partial charge in [-0.1, -0.05) is 29.8 Å². The maximum Gasteiger partial charge on any atom is 0.0406 e. The number of hydrogen-bond donors (Lipinski definition) is 1. The number of anilines is 1. The van der Waals surface area contributed by atoms with Crippen LogP contribution >= 0.6 is 11.6 Å². The van der Waals surface area contributed by atoms with Crippen molar-refractivity contribution >= 4 is 17.3 Å². The van der Waals surface area contributed by atoms with Crippen LogP contribution in [0.3, 0.4) is 0 Å². The SMILES string of the molecule is Cc1cc(C)cc(N(C)CCC(N)c2ccc(Cl)cc2)c1. The van der Waals surface area contributed by atoms with Gasteiger partial charge in [-0.15, -0.1) is 0 Å². The Balaban J connectivity index is 1.97. The van der Waals surface area contributed by atoms with Crippen LogP contribution in [0.1, 0.15) is 29.2 Å². The lowest BCUT2D eigenvalue weighted by molar-refractivity contribution is 0.645. The van der Waals surface area contributed by atoms with Gasteiger partial charge < -0.3 is 10.6 Å². The Morgan fingerprint density at radius 2 is 1.62 bits per heavy atom. The van der Waals surface area contributed by atoms with Gasteiger partial charge in [0.1, 0.15) is 0 Å². The first-order chi connectivity index (χ1) is 9.95. The molecule has 2 aromatic carbocycles. The summed E-state index contributed by atoms with van der Waals surface area (Å²) in [6, 6.07) is 14.4. The number of rotatable bonds is 5. The van der Waals surface area contributed by atoms with E-state index in [2.05, 4.69) is 44.0 Å². The second-order valence-electron chi connectivity index (χ2n) is 5.71. The predicted octanol–water partition coefficient (Wildman–Crippen LogP) is 4.48. The van der Waals surface area contributed by atoms with Gasteiger partial charge in [0.2, 0.25) is 0 Å². The fraction of sp³-hybridized carbons (Fsp3) is 0.333. The van der Waals surface area contributed by atoms with Crippen LogP contribution in [0.15, 0.2) is 42.5 Å². The molecule has 0 amide bonds. The summed E-state index contributed by atoms with van der Waals surface area (Å²) >= 11 is 5.90. The van der Waals surface area contributed by atoms with E-state index in [1.165, 1.54) is 16.8 Å². The maximum absolute atomic E-state index is 6.26. The molecule has 0 bridgehead atoms. The third kappa shape index (κ3) is 4.48. The summed E-state index contributed by atoms with van der Waals surface area (Å²) < 4.78 is 0. The Labute approximate surface area is 132 Å². The van der Waals surface area contributed by atoms with Gasteiger partial charge in [0.25, 0.3) is 0 Å². The molecule has 3 heteroatoms. The van der Waals surface area contributed by atoms with Gasteiger partial charge in [0.05, 0.1) is 0 Å². The van der Waals surface area contributed by atoms with Crippen LogP contribution in [-0.2, 0) is 0 Å².